The first-order chi connectivity index (χ1) is 5.86. The van der Waals surface area contributed by atoms with E-state index in [1.807, 2.05) is 24.3 Å². The third-order valence-corrected chi connectivity index (χ3v) is 1.83. The number of hydrazone groups is 1. The van der Waals surface area contributed by atoms with Gasteiger partial charge in [-0.3, -0.25) is 0 Å². The Morgan fingerprint density at radius 2 is 2.08 bits per heavy atom. The SMILES string of the molecule is Clc1ccc(N2COC=N2)cc1. The van der Waals surface area contributed by atoms with Crippen LogP contribution in [0.3, 0.4) is 0 Å². The zero-order valence-electron chi connectivity index (χ0n) is 6.27. The van der Waals surface area contributed by atoms with Crippen LogP contribution in [0, 0.1) is 0 Å². The van der Waals surface area contributed by atoms with E-state index < -0.39 is 0 Å². The molecule has 1 aliphatic rings. The van der Waals surface area contributed by atoms with Crippen LogP contribution >= 0.6 is 11.6 Å². The second-order valence-electron chi connectivity index (χ2n) is 2.39. The van der Waals surface area contributed by atoms with Crippen molar-refractivity contribution in [1.82, 2.24) is 0 Å². The van der Waals surface area contributed by atoms with Gasteiger partial charge in [0.25, 0.3) is 0 Å². The van der Waals surface area contributed by atoms with Crippen LogP contribution in [-0.2, 0) is 4.74 Å². The van der Waals surface area contributed by atoms with Crippen LogP contribution in [0.25, 0.3) is 0 Å². The van der Waals surface area contributed by atoms with Crippen molar-refractivity contribution in [3.63, 3.8) is 0 Å². The highest BCUT2D eigenvalue weighted by molar-refractivity contribution is 6.30. The Labute approximate surface area is 75.2 Å². The second-order valence-corrected chi connectivity index (χ2v) is 2.83. The van der Waals surface area contributed by atoms with E-state index in [9.17, 15) is 0 Å². The van der Waals surface area contributed by atoms with Crippen LogP contribution in [0.5, 0.6) is 0 Å². The lowest BCUT2D eigenvalue weighted by Crippen LogP contribution is -2.12. The molecule has 0 N–H and O–H groups in total. The summed E-state index contributed by atoms with van der Waals surface area (Å²) in [6.07, 6.45) is 1.43. The number of hydrogen-bond acceptors (Lipinski definition) is 3. The maximum absolute atomic E-state index is 5.73. The first kappa shape index (κ1) is 7.43. The van der Waals surface area contributed by atoms with Crippen LogP contribution in [0.1, 0.15) is 0 Å². The molecule has 0 aromatic heterocycles. The minimum absolute atomic E-state index is 0.474. The molecule has 0 aliphatic carbocycles. The molecule has 0 unspecified atom stereocenters. The Hall–Kier alpha value is -1.22. The number of ether oxygens (including phenoxy) is 1. The minimum Gasteiger partial charge on any atom is -0.459 e. The van der Waals surface area contributed by atoms with Gasteiger partial charge in [0.2, 0.25) is 0 Å². The molecule has 1 aromatic carbocycles. The molecule has 0 atom stereocenters. The molecule has 0 radical (unpaired) electrons. The Morgan fingerprint density at radius 1 is 1.33 bits per heavy atom. The molecule has 0 spiro atoms. The van der Waals surface area contributed by atoms with Crippen molar-refractivity contribution in [3.8, 4) is 0 Å². The maximum Gasteiger partial charge on any atom is 0.195 e. The normalized spacial score (nSPS) is 14.9. The average molecular weight is 183 g/mol. The first-order valence-corrected chi connectivity index (χ1v) is 3.91. The van der Waals surface area contributed by atoms with E-state index in [0.717, 1.165) is 10.7 Å². The van der Waals surface area contributed by atoms with Gasteiger partial charge in [0, 0.05) is 5.02 Å². The van der Waals surface area contributed by atoms with Crippen molar-refractivity contribution < 1.29 is 4.74 Å². The summed E-state index contributed by atoms with van der Waals surface area (Å²) < 4.78 is 4.94. The van der Waals surface area contributed by atoms with Gasteiger partial charge >= 0.3 is 0 Å². The zero-order chi connectivity index (χ0) is 8.39. The number of nitrogens with zero attached hydrogens (tertiary/aromatic N) is 2. The van der Waals surface area contributed by atoms with Gasteiger partial charge in [-0.15, -0.1) is 5.10 Å². The van der Waals surface area contributed by atoms with E-state index in [0.29, 0.717) is 6.73 Å². The van der Waals surface area contributed by atoms with E-state index >= 15 is 0 Å². The summed E-state index contributed by atoms with van der Waals surface area (Å²) in [7, 11) is 0. The number of anilines is 1. The van der Waals surface area contributed by atoms with Gasteiger partial charge in [0.15, 0.2) is 13.1 Å². The van der Waals surface area contributed by atoms with Crippen molar-refractivity contribution in [3.05, 3.63) is 29.3 Å². The lowest BCUT2D eigenvalue weighted by atomic mass is 10.3. The fourth-order valence-electron chi connectivity index (χ4n) is 0.982. The van der Waals surface area contributed by atoms with E-state index in [4.69, 9.17) is 16.3 Å². The molecule has 0 saturated carbocycles. The maximum atomic E-state index is 5.73. The molecule has 0 amide bonds. The van der Waals surface area contributed by atoms with Gasteiger partial charge in [-0.1, -0.05) is 11.6 Å². The third-order valence-electron chi connectivity index (χ3n) is 1.58. The molecule has 12 heavy (non-hydrogen) atoms. The molecule has 1 aliphatic heterocycles. The summed E-state index contributed by atoms with van der Waals surface area (Å²) in [6, 6.07) is 7.44. The molecule has 1 aromatic rings. The number of hydrogen-bond donors (Lipinski definition) is 0. The van der Waals surface area contributed by atoms with Gasteiger partial charge < -0.3 is 4.74 Å². The van der Waals surface area contributed by atoms with Gasteiger partial charge in [-0.2, -0.15) is 0 Å². The zero-order valence-corrected chi connectivity index (χ0v) is 7.03. The lowest BCUT2D eigenvalue weighted by molar-refractivity contribution is 0.350. The number of benzene rings is 1. The van der Waals surface area contributed by atoms with Crippen molar-refractivity contribution in [2.45, 2.75) is 0 Å². The van der Waals surface area contributed by atoms with Gasteiger partial charge in [0.1, 0.15) is 0 Å². The Bertz CT molecular complexity index is 296. The molecule has 0 saturated heterocycles. The van der Waals surface area contributed by atoms with E-state index in [2.05, 4.69) is 5.10 Å². The van der Waals surface area contributed by atoms with Gasteiger partial charge in [-0.05, 0) is 24.3 Å². The van der Waals surface area contributed by atoms with Crippen molar-refractivity contribution in [2.24, 2.45) is 5.10 Å². The number of rotatable bonds is 1. The fraction of sp³-hybridized carbons (Fsp3) is 0.125. The lowest BCUT2D eigenvalue weighted by Gasteiger charge is -2.10. The van der Waals surface area contributed by atoms with Crippen molar-refractivity contribution in [1.29, 1.82) is 0 Å². The quantitative estimate of drug-likeness (QED) is 0.664. The van der Waals surface area contributed by atoms with E-state index in [1.54, 1.807) is 5.01 Å². The second kappa shape index (κ2) is 3.03. The summed E-state index contributed by atoms with van der Waals surface area (Å²) in [5.41, 5.74) is 0.980. The van der Waals surface area contributed by atoms with Crippen LogP contribution in [0.2, 0.25) is 5.02 Å². The highest BCUT2D eigenvalue weighted by atomic mass is 35.5. The van der Waals surface area contributed by atoms with Crippen molar-refractivity contribution >= 4 is 23.7 Å². The topological polar surface area (TPSA) is 24.8 Å². The molecule has 4 heteroatoms. The molecular weight excluding hydrogens is 176 g/mol. The van der Waals surface area contributed by atoms with Gasteiger partial charge in [-0.25, -0.2) is 5.01 Å². The number of halogens is 1. The molecule has 0 fully saturated rings. The average Bonchev–Trinajstić information content (AvgIpc) is 2.58. The third kappa shape index (κ3) is 1.36. The van der Waals surface area contributed by atoms with Gasteiger partial charge in [0.05, 0.1) is 5.69 Å². The molecule has 2 rings (SSSR count). The predicted molar refractivity (Wildman–Crippen MR) is 48.4 cm³/mol. The molecule has 62 valence electrons. The first-order valence-electron chi connectivity index (χ1n) is 3.53. The van der Waals surface area contributed by atoms with E-state index in [-0.39, 0.29) is 0 Å². The van der Waals surface area contributed by atoms with Crippen LogP contribution in [0.4, 0.5) is 5.69 Å². The monoisotopic (exact) mass is 182 g/mol. The van der Waals surface area contributed by atoms with Crippen molar-refractivity contribution in [2.75, 3.05) is 11.7 Å². The molecular formula is C8H7ClN2O. The van der Waals surface area contributed by atoms with Crippen LogP contribution < -0.4 is 5.01 Å². The Kier molecular flexibility index (Phi) is 1.87. The standard InChI is InChI=1S/C8H7ClN2O/c9-7-1-3-8(4-2-7)11-6-12-5-10-11/h1-5H,6H2. The Balaban J connectivity index is 2.23. The van der Waals surface area contributed by atoms with E-state index in [1.165, 1.54) is 6.40 Å². The Morgan fingerprint density at radius 3 is 2.67 bits per heavy atom. The smallest absolute Gasteiger partial charge is 0.195 e. The summed E-state index contributed by atoms with van der Waals surface area (Å²) >= 11 is 5.73. The molecule has 0 bridgehead atoms. The van der Waals surface area contributed by atoms with Crippen LogP contribution in [0.15, 0.2) is 29.4 Å². The summed E-state index contributed by atoms with van der Waals surface area (Å²) in [6.45, 7) is 0.474. The van der Waals surface area contributed by atoms with Crippen LogP contribution in [-0.4, -0.2) is 13.1 Å². The fourth-order valence-corrected chi connectivity index (χ4v) is 1.11. The molecule has 1 heterocycles. The summed E-state index contributed by atoms with van der Waals surface area (Å²) in [4.78, 5) is 0. The predicted octanol–water partition coefficient (Wildman–Crippen LogP) is 2.08. The highest BCUT2D eigenvalue weighted by Gasteiger charge is 2.07. The highest BCUT2D eigenvalue weighted by Crippen LogP contribution is 2.19. The largest absolute Gasteiger partial charge is 0.459 e. The molecule has 3 nitrogen and oxygen atoms in total. The minimum atomic E-state index is 0.474. The summed E-state index contributed by atoms with van der Waals surface area (Å²) in [5.74, 6) is 0. The summed E-state index contributed by atoms with van der Waals surface area (Å²) in [5, 5.41) is 6.45.